The minimum absolute atomic E-state index is 0.0552. The van der Waals surface area contributed by atoms with E-state index in [-0.39, 0.29) is 11.4 Å². The zero-order valence-electron chi connectivity index (χ0n) is 8.84. The fourth-order valence-corrected chi connectivity index (χ4v) is 0.948. The standard InChI is InChI=1S/C9H11N3O4/c1-11(2)10-9(13)16-8-5-3-7(4-6-8)12(14)15/h3-6H,1-2H3,(H,10,13). The van der Waals surface area contributed by atoms with E-state index in [1.54, 1.807) is 14.1 Å². The molecule has 0 saturated carbocycles. The number of nitro groups is 1. The van der Waals surface area contributed by atoms with E-state index in [2.05, 4.69) is 5.43 Å². The van der Waals surface area contributed by atoms with Crippen LogP contribution in [0.2, 0.25) is 0 Å². The number of ether oxygens (including phenoxy) is 1. The van der Waals surface area contributed by atoms with Crippen LogP contribution in [0.15, 0.2) is 24.3 Å². The van der Waals surface area contributed by atoms with Gasteiger partial charge in [0.15, 0.2) is 0 Å². The highest BCUT2D eigenvalue weighted by molar-refractivity contribution is 5.69. The molecule has 86 valence electrons. The van der Waals surface area contributed by atoms with Gasteiger partial charge in [0.2, 0.25) is 0 Å². The van der Waals surface area contributed by atoms with Gasteiger partial charge in [-0.1, -0.05) is 0 Å². The molecule has 1 aromatic carbocycles. The van der Waals surface area contributed by atoms with Crippen LogP contribution >= 0.6 is 0 Å². The number of hydrazine groups is 1. The van der Waals surface area contributed by atoms with Crippen molar-refractivity contribution in [2.75, 3.05) is 14.1 Å². The summed E-state index contributed by atoms with van der Waals surface area (Å²) in [6.45, 7) is 0. The Morgan fingerprint density at radius 1 is 1.38 bits per heavy atom. The minimum atomic E-state index is -0.654. The number of carbonyl (C=O) groups excluding carboxylic acids is 1. The van der Waals surface area contributed by atoms with Crippen molar-refractivity contribution < 1.29 is 14.5 Å². The van der Waals surface area contributed by atoms with E-state index in [9.17, 15) is 14.9 Å². The van der Waals surface area contributed by atoms with Crippen molar-refractivity contribution in [2.24, 2.45) is 0 Å². The smallest absolute Gasteiger partial charge is 0.409 e. The Morgan fingerprint density at radius 3 is 2.38 bits per heavy atom. The van der Waals surface area contributed by atoms with Crippen LogP contribution in [0, 0.1) is 10.1 Å². The number of benzene rings is 1. The van der Waals surface area contributed by atoms with E-state index >= 15 is 0 Å². The van der Waals surface area contributed by atoms with Gasteiger partial charge in [-0.2, -0.15) is 0 Å². The van der Waals surface area contributed by atoms with Gasteiger partial charge < -0.3 is 4.74 Å². The summed E-state index contributed by atoms with van der Waals surface area (Å²) in [4.78, 5) is 21.0. The molecule has 0 spiro atoms. The average Bonchev–Trinajstić information content (AvgIpc) is 2.16. The minimum Gasteiger partial charge on any atom is -0.409 e. The lowest BCUT2D eigenvalue weighted by Gasteiger charge is -2.11. The number of amides is 1. The first-order valence-corrected chi connectivity index (χ1v) is 4.39. The van der Waals surface area contributed by atoms with Crippen LogP contribution in [-0.2, 0) is 0 Å². The summed E-state index contributed by atoms with van der Waals surface area (Å²) in [5, 5.41) is 11.8. The topological polar surface area (TPSA) is 84.7 Å². The summed E-state index contributed by atoms with van der Waals surface area (Å²) in [6.07, 6.45) is -0.654. The molecule has 7 nitrogen and oxygen atoms in total. The molecule has 0 atom stereocenters. The number of carbonyl (C=O) groups is 1. The highest BCUT2D eigenvalue weighted by Gasteiger charge is 2.07. The second-order valence-electron chi connectivity index (χ2n) is 3.15. The van der Waals surface area contributed by atoms with Gasteiger partial charge in [-0.15, -0.1) is 0 Å². The third-order valence-electron chi connectivity index (χ3n) is 1.57. The lowest BCUT2D eigenvalue weighted by Crippen LogP contribution is -2.38. The van der Waals surface area contributed by atoms with E-state index in [1.165, 1.54) is 29.3 Å². The maximum atomic E-state index is 11.1. The quantitative estimate of drug-likeness (QED) is 0.616. The van der Waals surface area contributed by atoms with Crippen molar-refractivity contribution >= 4 is 11.8 Å². The number of hydrogen-bond acceptors (Lipinski definition) is 5. The first-order chi connectivity index (χ1) is 7.49. The number of nitrogens with zero attached hydrogens (tertiary/aromatic N) is 2. The monoisotopic (exact) mass is 225 g/mol. The molecule has 16 heavy (non-hydrogen) atoms. The summed E-state index contributed by atoms with van der Waals surface area (Å²) in [7, 11) is 3.27. The second kappa shape index (κ2) is 5.08. The summed E-state index contributed by atoms with van der Waals surface area (Å²) in [5.74, 6) is 0.241. The number of rotatable bonds is 3. The Labute approximate surface area is 91.7 Å². The molecule has 0 saturated heterocycles. The molecular weight excluding hydrogens is 214 g/mol. The molecule has 1 rings (SSSR count). The number of non-ortho nitro benzene ring substituents is 1. The zero-order valence-corrected chi connectivity index (χ0v) is 8.84. The molecule has 1 amide bonds. The molecule has 0 aliphatic carbocycles. The molecule has 1 N–H and O–H groups in total. The van der Waals surface area contributed by atoms with Crippen LogP contribution in [0.4, 0.5) is 10.5 Å². The van der Waals surface area contributed by atoms with Crippen molar-refractivity contribution in [1.29, 1.82) is 0 Å². The van der Waals surface area contributed by atoms with E-state index in [0.29, 0.717) is 0 Å². The van der Waals surface area contributed by atoms with Crippen LogP contribution in [0.5, 0.6) is 5.75 Å². The van der Waals surface area contributed by atoms with Gasteiger partial charge in [-0.3, -0.25) is 15.5 Å². The summed E-state index contributed by atoms with van der Waals surface area (Å²) in [5.41, 5.74) is 2.31. The Hall–Kier alpha value is -2.15. The highest BCUT2D eigenvalue weighted by Crippen LogP contribution is 2.17. The normalized spacial score (nSPS) is 9.94. The first kappa shape index (κ1) is 11.9. The molecule has 0 aliphatic rings. The molecule has 0 bridgehead atoms. The maximum Gasteiger partial charge on any atom is 0.427 e. The fraction of sp³-hybridized carbons (Fsp3) is 0.222. The fourth-order valence-electron chi connectivity index (χ4n) is 0.948. The van der Waals surface area contributed by atoms with E-state index in [0.717, 1.165) is 0 Å². The van der Waals surface area contributed by atoms with Crippen molar-refractivity contribution in [2.45, 2.75) is 0 Å². The molecule has 0 aliphatic heterocycles. The molecule has 7 heteroatoms. The van der Waals surface area contributed by atoms with Gasteiger partial charge in [-0.05, 0) is 12.1 Å². The van der Waals surface area contributed by atoms with Crippen LogP contribution in [0.1, 0.15) is 0 Å². The third kappa shape index (κ3) is 3.54. The predicted molar refractivity (Wildman–Crippen MR) is 55.9 cm³/mol. The van der Waals surface area contributed by atoms with Gasteiger partial charge in [0.25, 0.3) is 5.69 Å². The van der Waals surface area contributed by atoms with Crippen LogP contribution in [-0.4, -0.2) is 30.1 Å². The number of hydrogen-bond donors (Lipinski definition) is 1. The van der Waals surface area contributed by atoms with E-state index in [4.69, 9.17) is 4.74 Å². The summed E-state index contributed by atoms with van der Waals surface area (Å²) in [6, 6.07) is 5.23. The van der Waals surface area contributed by atoms with Gasteiger partial charge in [0.1, 0.15) is 5.75 Å². The van der Waals surface area contributed by atoms with Crippen molar-refractivity contribution in [3.63, 3.8) is 0 Å². The zero-order chi connectivity index (χ0) is 12.1. The molecule has 0 radical (unpaired) electrons. The largest absolute Gasteiger partial charge is 0.427 e. The molecule has 0 unspecified atom stereocenters. The maximum absolute atomic E-state index is 11.1. The third-order valence-corrected chi connectivity index (χ3v) is 1.57. The van der Waals surface area contributed by atoms with Crippen LogP contribution in [0.25, 0.3) is 0 Å². The molecule has 0 fully saturated rings. The summed E-state index contributed by atoms with van der Waals surface area (Å²) < 4.78 is 4.85. The predicted octanol–water partition coefficient (Wildman–Crippen LogP) is 1.16. The van der Waals surface area contributed by atoms with Gasteiger partial charge in [-0.25, -0.2) is 9.80 Å². The van der Waals surface area contributed by atoms with Crippen molar-refractivity contribution in [3.8, 4) is 5.75 Å². The Kier molecular flexibility index (Phi) is 3.78. The molecule has 0 heterocycles. The first-order valence-electron chi connectivity index (χ1n) is 4.39. The van der Waals surface area contributed by atoms with Crippen LogP contribution in [0.3, 0.4) is 0 Å². The lowest BCUT2D eigenvalue weighted by molar-refractivity contribution is -0.384. The van der Waals surface area contributed by atoms with Crippen molar-refractivity contribution in [3.05, 3.63) is 34.4 Å². The average molecular weight is 225 g/mol. The molecular formula is C9H11N3O4. The SMILES string of the molecule is CN(C)NC(=O)Oc1ccc([N+](=O)[O-])cc1. The van der Waals surface area contributed by atoms with Crippen LogP contribution < -0.4 is 10.2 Å². The van der Waals surface area contributed by atoms with Crippen molar-refractivity contribution in [1.82, 2.24) is 10.4 Å². The Balaban J connectivity index is 2.62. The lowest BCUT2D eigenvalue weighted by atomic mass is 10.3. The Morgan fingerprint density at radius 2 is 1.94 bits per heavy atom. The van der Waals surface area contributed by atoms with Gasteiger partial charge in [0.05, 0.1) is 4.92 Å². The number of nitrogens with one attached hydrogen (secondary N) is 1. The second-order valence-corrected chi connectivity index (χ2v) is 3.15. The van der Waals surface area contributed by atoms with E-state index < -0.39 is 11.0 Å². The Bertz CT molecular complexity index is 388. The number of nitro benzene ring substituents is 1. The van der Waals surface area contributed by atoms with E-state index in [1.807, 2.05) is 0 Å². The summed E-state index contributed by atoms with van der Waals surface area (Å²) >= 11 is 0. The van der Waals surface area contributed by atoms with Gasteiger partial charge in [0, 0.05) is 26.2 Å². The van der Waals surface area contributed by atoms with Gasteiger partial charge >= 0.3 is 6.09 Å². The molecule has 1 aromatic rings. The molecule has 0 aromatic heterocycles. The highest BCUT2D eigenvalue weighted by atomic mass is 16.6.